The number of aromatic nitrogens is 2. The van der Waals surface area contributed by atoms with Gasteiger partial charge in [0.25, 0.3) is 0 Å². The number of nitrogens with zero attached hydrogens (tertiary/aromatic N) is 2. The van der Waals surface area contributed by atoms with Crippen molar-refractivity contribution in [2.75, 3.05) is 18.4 Å². The fraction of sp³-hybridized carbons (Fsp3) is 0.692. The Morgan fingerprint density at radius 1 is 1.29 bits per heavy atom. The first-order valence-electron chi connectivity index (χ1n) is 6.37. The molecular weight excluding hydrogens is 212 g/mol. The number of hydrogen-bond acceptors (Lipinski definition) is 4. The van der Waals surface area contributed by atoms with Crippen LogP contribution in [0.25, 0.3) is 0 Å². The number of anilines is 1. The van der Waals surface area contributed by atoms with Crippen molar-refractivity contribution >= 4 is 5.82 Å². The maximum absolute atomic E-state index is 4.71. The molecule has 0 saturated heterocycles. The number of fused-ring (bicyclic) bond motifs is 1. The molecule has 4 nitrogen and oxygen atoms in total. The molecule has 4 heteroatoms. The lowest BCUT2D eigenvalue weighted by atomic mass is 9.94. The summed E-state index contributed by atoms with van der Waals surface area (Å²) in [6, 6.07) is 0. The molecule has 0 bridgehead atoms. The van der Waals surface area contributed by atoms with E-state index in [4.69, 9.17) is 9.97 Å². The summed E-state index contributed by atoms with van der Waals surface area (Å²) in [7, 11) is 0. The van der Waals surface area contributed by atoms with Crippen LogP contribution in [-0.2, 0) is 18.4 Å². The largest absolute Gasteiger partial charge is 0.370 e. The third-order valence-corrected chi connectivity index (χ3v) is 2.95. The molecule has 0 atom stereocenters. The van der Waals surface area contributed by atoms with Gasteiger partial charge in [-0.3, -0.25) is 0 Å². The van der Waals surface area contributed by atoms with E-state index in [1.165, 1.54) is 5.56 Å². The van der Waals surface area contributed by atoms with Gasteiger partial charge in [-0.2, -0.15) is 0 Å². The van der Waals surface area contributed by atoms with Crippen LogP contribution in [0.2, 0.25) is 0 Å². The molecular formula is C13H22N4. The van der Waals surface area contributed by atoms with Gasteiger partial charge in [-0.05, 0) is 19.9 Å². The van der Waals surface area contributed by atoms with Crippen LogP contribution in [0.3, 0.4) is 0 Å². The molecule has 0 radical (unpaired) electrons. The molecule has 1 aromatic rings. The van der Waals surface area contributed by atoms with Crippen molar-refractivity contribution in [3.63, 3.8) is 0 Å². The van der Waals surface area contributed by atoms with Gasteiger partial charge >= 0.3 is 0 Å². The van der Waals surface area contributed by atoms with E-state index in [2.05, 4.69) is 38.3 Å². The molecule has 0 aliphatic carbocycles. The number of rotatable bonds is 2. The normalized spacial score (nSPS) is 15.5. The zero-order valence-electron chi connectivity index (χ0n) is 11.2. The third-order valence-electron chi connectivity index (χ3n) is 2.95. The van der Waals surface area contributed by atoms with E-state index in [9.17, 15) is 0 Å². The van der Waals surface area contributed by atoms with E-state index in [1.54, 1.807) is 0 Å². The highest BCUT2D eigenvalue weighted by Crippen LogP contribution is 2.25. The lowest BCUT2D eigenvalue weighted by Crippen LogP contribution is -2.29. The van der Waals surface area contributed by atoms with Gasteiger partial charge in [0, 0.05) is 24.1 Å². The second kappa shape index (κ2) is 4.61. The smallest absolute Gasteiger partial charge is 0.136 e. The molecule has 1 aromatic heterocycles. The van der Waals surface area contributed by atoms with Crippen LogP contribution in [0.1, 0.15) is 44.8 Å². The monoisotopic (exact) mass is 234 g/mol. The van der Waals surface area contributed by atoms with Gasteiger partial charge in [0.2, 0.25) is 0 Å². The fourth-order valence-corrected chi connectivity index (χ4v) is 2.01. The summed E-state index contributed by atoms with van der Waals surface area (Å²) < 4.78 is 0. The molecule has 0 fully saturated rings. The molecule has 2 heterocycles. The molecule has 1 aliphatic rings. The molecule has 2 rings (SSSR count). The lowest BCUT2D eigenvalue weighted by molar-refractivity contribution is 0.529. The Morgan fingerprint density at radius 2 is 2.06 bits per heavy atom. The zero-order chi connectivity index (χ0) is 12.5. The molecule has 94 valence electrons. The Bertz CT molecular complexity index is 407. The van der Waals surface area contributed by atoms with Crippen LogP contribution in [-0.4, -0.2) is 23.1 Å². The summed E-state index contributed by atoms with van der Waals surface area (Å²) in [5.41, 5.74) is 2.45. The van der Waals surface area contributed by atoms with Gasteiger partial charge in [0.15, 0.2) is 0 Å². The van der Waals surface area contributed by atoms with Crippen molar-refractivity contribution in [1.82, 2.24) is 15.3 Å². The maximum Gasteiger partial charge on any atom is 0.136 e. The van der Waals surface area contributed by atoms with Crippen molar-refractivity contribution in [3.8, 4) is 0 Å². The molecule has 0 spiro atoms. The molecule has 0 saturated carbocycles. The van der Waals surface area contributed by atoms with Gasteiger partial charge in [-0.1, -0.05) is 20.8 Å². The van der Waals surface area contributed by atoms with E-state index in [0.29, 0.717) is 0 Å². The van der Waals surface area contributed by atoms with Crippen molar-refractivity contribution in [2.45, 2.75) is 46.1 Å². The van der Waals surface area contributed by atoms with Gasteiger partial charge in [-0.15, -0.1) is 0 Å². The molecule has 0 unspecified atom stereocenters. The highest BCUT2D eigenvalue weighted by molar-refractivity contribution is 5.48. The van der Waals surface area contributed by atoms with Gasteiger partial charge in [0.05, 0.1) is 5.69 Å². The molecule has 1 aliphatic heterocycles. The van der Waals surface area contributed by atoms with Crippen LogP contribution in [0.5, 0.6) is 0 Å². The maximum atomic E-state index is 4.71. The minimum Gasteiger partial charge on any atom is -0.370 e. The average molecular weight is 234 g/mol. The zero-order valence-corrected chi connectivity index (χ0v) is 11.2. The van der Waals surface area contributed by atoms with Crippen LogP contribution >= 0.6 is 0 Å². The molecule has 0 amide bonds. The van der Waals surface area contributed by atoms with Gasteiger partial charge < -0.3 is 10.6 Å². The Hall–Kier alpha value is -1.16. The van der Waals surface area contributed by atoms with Crippen LogP contribution < -0.4 is 10.6 Å². The van der Waals surface area contributed by atoms with E-state index in [-0.39, 0.29) is 5.41 Å². The summed E-state index contributed by atoms with van der Waals surface area (Å²) in [5, 5.41) is 6.74. The quantitative estimate of drug-likeness (QED) is 0.820. The van der Waals surface area contributed by atoms with Gasteiger partial charge in [0.1, 0.15) is 11.6 Å². The SMILES string of the molecule is CCNc1nc(C(C)(C)C)nc2c1CCNC2. The third kappa shape index (κ3) is 2.57. The first-order valence-corrected chi connectivity index (χ1v) is 6.37. The van der Waals surface area contributed by atoms with Gasteiger partial charge in [-0.25, -0.2) is 9.97 Å². The summed E-state index contributed by atoms with van der Waals surface area (Å²) in [4.78, 5) is 9.41. The molecule has 17 heavy (non-hydrogen) atoms. The minimum absolute atomic E-state index is 0.00332. The second-order valence-electron chi connectivity index (χ2n) is 5.53. The van der Waals surface area contributed by atoms with Crippen LogP contribution in [0, 0.1) is 0 Å². The summed E-state index contributed by atoms with van der Waals surface area (Å²) >= 11 is 0. The highest BCUT2D eigenvalue weighted by Gasteiger charge is 2.23. The highest BCUT2D eigenvalue weighted by atomic mass is 15.1. The Morgan fingerprint density at radius 3 is 2.71 bits per heavy atom. The predicted molar refractivity (Wildman–Crippen MR) is 70.3 cm³/mol. The van der Waals surface area contributed by atoms with E-state index in [0.717, 1.165) is 43.4 Å². The summed E-state index contributed by atoms with van der Waals surface area (Å²) in [6.45, 7) is 11.3. The fourth-order valence-electron chi connectivity index (χ4n) is 2.01. The van der Waals surface area contributed by atoms with Crippen molar-refractivity contribution in [3.05, 3.63) is 17.1 Å². The van der Waals surface area contributed by atoms with Crippen molar-refractivity contribution in [1.29, 1.82) is 0 Å². The second-order valence-corrected chi connectivity index (χ2v) is 5.53. The van der Waals surface area contributed by atoms with Crippen molar-refractivity contribution < 1.29 is 0 Å². The lowest BCUT2D eigenvalue weighted by Gasteiger charge is -2.24. The van der Waals surface area contributed by atoms with Crippen LogP contribution in [0.4, 0.5) is 5.82 Å². The molecule has 0 aromatic carbocycles. The Balaban J connectivity index is 2.48. The van der Waals surface area contributed by atoms with E-state index < -0.39 is 0 Å². The minimum atomic E-state index is -0.00332. The number of hydrogen-bond donors (Lipinski definition) is 2. The Labute approximate surface area is 103 Å². The summed E-state index contributed by atoms with van der Waals surface area (Å²) in [6.07, 6.45) is 1.02. The van der Waals surface area contributed by atoms with Crippen LogP contribution in [0.15, 0.2) is 0 Å². The average Bonchev–Trinajstić information content (AvgIpc) is 2.28. The number of nitrogens with one attached hydrogen (secondary N) is 2. The first-order chi connectivity index (χ1) is 8.02. The van der Waals surface area contributed by atoms with E-state index >= 15 is 0 Å². The van der Waals surface area contributed by atoms with Crippen molar-refractivity contribution in [2.24, 2.45) is 0 Å². The summed E-state index contributed by atoms with van der Waals surface area (Å²) in [5.74, 6) is 1.96. The topological polar surface area (TPSA) is 49.8 Å². The predicted octanol–water partition coefficient (Wildman–Crippen LogP) is 1.85. The first kappa shape index (κ1) is 12.3. The standard InChI is InChI=1S/C13H22N4/c1-5-15-11-9-6-7-14-8-10(9)16-12(17-11)13(2,3)4/h14H,5-8H2,1-4H3,(H,15,16,17). The molecule has 2 N–H and O–H groups in total. The Kier molecular flexibility index (Phi) is 3.33. The van der Waals surface area contributed by atoms with E-state index in [1.807, 2.05) is 0 Å².